The third-order valence-electron chi connectivity index (χ3n) is 2.15. The highest BCUT2D eigenvalue weighted by Crippen LogP contribution is 2.37. The summed E-state index contributed by atoms with van der Waals surface area (Å²) >= 11 is 0. The van der Waals surface area contributed by atoms with Crippen LogP contribution in [0.25, 0.3) is 0 Å². The Morgan fingerprint density at radius 3 is 2.85 bits per heavy atom. The third-order valence-corrected chi connectivity index (χ3v) is 2.15. The molecule has 13 heavy (non-hydrogen) atoms. The minimum atomic E-state index is -2.23. The number of rotatable bonds is 0. The molecular formula is C10H11NO2. The van der Waals surface area contributed by atoms with Crippen LogP contribution in [0, 0.1) is 0 Å². The highest BCUT2D eigenvalue weighted by atomic mass is 16.7. The lowest BCUT2D eigenvalue weighted by atomic mass is 10.1. The summed E-state index contributed by atoms with van der Waals surface area (Å²) in [5, 5.41) is 0. The van der Waals surface area contributed by atoms with Crippen molar-refractivity contribution in [2.24, 2.45) is 5.73 Å². The third kappa shape index (κ3) is 1.00. The Bertz CT molecular complexity index is 543. The van der Waals surface area contributed by atoms with E-state index in [1.165, 1.54) is 12.1 Å². The molecule has 0 unspecified atom stereocenters. The van der Waals surface area contributed by atoms with Gasteiger partial charge < -0.3 is 15.2 Å². The summed E-state index contributed by atoms with van der Waals surface area (Å²) in [6.45, 7) is -2.23. The predicted octanol–water partition coefficient (Wildman–Crippen LogP) is 0.841. The van der Waals surface area contributed by atoms with E-state index in [1.807, 2.05) is 0 Å². The topological polar surface area (TPSA) is 44.5 Å². The van der Waals surface area contributed by atoms with Gasteiger partial charge in [0, 0.05) is 10.1 Å². The molecule has 1 heterocycles. The van der Waals surface area contributed by atoms with Crippen molar-refractivity contribution in [3.8, 4) is 11.5 Å². The molecule has 1 aliphatic heterocycles. The summed E-state index contributed by atoms with van der Waals surface area (Å²) in [5.74, 6) is 0.354. The minimum absolute atomic E-state index is 0.0506. The van der Waals surface area contributed by atoms with Crippen molar-refractivity contribution in [1.29, 1.82) is 0 Å². The summed E-state index contributed by atoms with van der Waals surface area (Å²) in [4.78, 5) is 0. The van der Waals surface area contributed by atoms with Crippen LogP contribution in [0.2, 0.25) is 0 Å². The van der Waals surface area contributed by atoms with Gasteiger partial charge in [0.25, 0.3) is 0 Å². The normalized spacial score (nSPS) is 42.4. The molecule has 68 valence electrons. The highest BCUT2D eigenvalue weighted by molar-refractivity contribution is 5.50. The zero-order valence-corrected chi connectivity index (χ0v) is 6.76. The van der Waals surface area contributed by atoms with Crippen LogP contribution < -0.4 is 15.2 Å². The average molecular weight is 182 g/mol. The van der Waals surface area contributed by atoms with Gasteiger partial charge in [-0.2, -0.15) is 0 Å². The van der Waals surface area contributed by atoms with Crippen molar-refractivity contribution in [3.05, 3.63) is 23.3 Å². The number of hydrogen-bond acceptors (Lipinski definition) is 3. The van der Waals surface area contributed by atoms with Crippen LogP contribution in [0.5, 0.6) is 11.5 Å². The van der Waals surface area contributed by atoms with Crippen molar-refractivity contribution >= 4 is 0 Å². The van der Waals surface area contributed by atoms with Crippen molar-refractivity contribution in [3.63, 3.8) is 0 Å². The molecule has 3 nitrogen and oxygen atoms in total. The number of benzene rings is 1. The zero-order chi connectivity index (χ0) is 13.3. The van der Waals surface area contributed by atoms with Crippen LogP contribution in [-0.4, -0.2) is 12.8 Å². The molecule has 1 atom stereocenters. The second-order valence-corrected chi connectivity index (χ2v) is 3.07. The quantitative estimate of drug-likeness (QED) is 0.646. The Kier molecular flexibility index (Phi) is 0.713. The molecule has 0 fully saturated rings. The maximum absolute atomic E-state index is 7.90. The highest BCUT2D eigenvalue weighted by Gasteiger charge is 2.23. The molecule has 1 aliphatic carbocycles. The lowest BCUT2D eigenvalue weighted by Crippen LogP contribution is -2.19. The Morgan fingerprint density at radius 1 is 1.38 bits per heavy atom. The van der Waals surface area contributed by atoms with E-state index in [9.17, 15) is 0 Å². The zero-order valence-electron chi connectivity index (χ0n) is 11.8. The predicted molar refractivity (Wildman–Crippen MR) is 47.9 cm³/mol. The maximum Gasteiger partial charge on any atom is 0.231 e. The van der Waals surface area contributed by atoms with Crippen LogP contribution in [0.3, 0.4) is 0 Å². The molecule has 0 amide bonds. The van der Waals surface area contributed by atoms with Gasteiger partial charge in [0.15, 0.2) is 11.5 Å². The number of nitrogens with two attached hydrogens (primary N) is 1. The Balaban J connectivity index is 2.13. The van der Waals surface area contributed by atoms with Crippen molar-refractivity contribution in [1.82, 2.24) is 0 Å². The standard InChI is InChI=1S/C10H11NO2/c11-8-1-6-3-9-10(13-5-12-9)4-7(6)2-8/h3-4,8H,1-2,5,11H2/i1D2,5D2,8D/t8-/m1/s1. The van der Waals surface area contributed by atoms with E-state index in [0.29, 0.717) is 5.56 Å². The Morgan fingerprint density at radius 2 is 2.08 bits per heavy atom. The molecule has 0 saturated heterocycles. The number of ether oxygens (including phenoxy) is 2. The Labute approximate surface area is 83.5 Å². The molecule has 3 rings (SSSR count). The lowest BCUT2D eigenvalue weighted by molar-refractivity contribution is 0.174. The van der Waals surface area contributed by atoms with Gasteiger partial charge in [-0.15, -0.1) is 0 Å². The van der Waals surface area contributed by atoms with Crippen LogP contribution >= 0.6 is 0 Å². The molecular weight excluding hydrogens is 166 g/mol. The van der Waals surface area contributed by atoms with Crippen LogP contribution in [0.15, 0.2) is 12.1 Å². The molecule has 1 aromatic carbocycles. The summed E-state index contributed by atoms with van der Waals surface area (Å²) in [6.07, 6.45) is -1.95. The van der Waals surface area contributed by atoms with Gasteiger partial charge in [0.1, 0.15) is 2.74 Å². The van der Waals surface area contributed by atoms with Crippen LogP contribution in [0.4, 0.5) is 0 Å². The second-order valence-electron chi connectivity index (χ2n) is 3.07. The fraction of sp³-hybridized carbons (Fsp3) is 0.400. The smallest absolute Gasteiger partial charge is 0.231 e. The first kappa shape index (κ1) is 3.88. The fourth-order valence-corrected chi connectivity index (χ4v) is 1.56. The minimum Gasteiger partial charge on any atom is -0.454 e. The first-order chi connectivity index (χ1) is 8.12. The molecule has 0 spiro atoms. The van der Waals surface area contributed by atoms with Gasteiger partial charge in [0.05, 0.1) is 0 Å². The van der Waals surface area contributed by atoms with E-state index in [-0.39, 0.29) is 23.5 Å². The van der Waals surface area contributed by atoms with E-state index >= 15 is 0 Å². The molecule has 2 aliphatic rings. The average Bonchev–Trinajstić information content (AvgIpc) is 2.55. The van der Waals surface area contributed by atoms with Gasteiger partial charge in [-0.25, -0.2) is 0 Å². The van der Waals surface area contributed by atoms with Gasteiger partial charge in [-0.1, -0.05) is 0 Å². The lowest BCUT2D eigenvalue weighted by Gasteiger charge is -2.00. The van der Waals surface area contributed by atoms with Gasteiger partial charge >= 0.3 is 0 Å². The molecule has 3 heteroatoms. The SMILES string of the molecule is [2H]C1([2H])Oc2cc3c(cc2O1)C([2H])([2H])[C@@]([2H])(N)C3. The molecule has 0 bridgehead atoms. The van der Waals surface area contributed by atoms with E-state index in [2.05, 4.69) is 0 Å². The Hall–Kier alpha value is -1.22. The van der Waals surface area contributed by atoms with Gasteiger partial charge in [-0.05, 0) is 36.1 Å². The second kappa shape index (κ2) is 2.39. The van der Waals surface area contributed by atoms with E-state index in [4.69, 9.17) is 22.1 Å². The fourth-order valence-electron chi connectivity index (χ4n) is 1.56. The van der Waals surface area contributed by atoms with Crippen LogP contribution in [-0.2, 0) is 12.8 Å². The summed E-state index contributed by atoms with van der Waals surface area (Å²) in [7, 11) is 0. The molecule has 0 aromatic heterocycles. The molecule has 1 aromatic rings. The van der Waals surface area contributed by atoms with Gasteiger partial charge in [-0.3, -0.25) is 0 Å². The van der Waals surface area contributed by atoms with Gasteiger partial charge in [0.2, 0.25) is 6.75 Å². The van der Waals surface area contributed by atoms with E-state index < -0.39 is 19.1 Å². The monoisotopic (exact) mass is 182 g/mol. The molecule has 0 saturated carbocycles. The number of fused-ring (bicyclic) bond motifs is 2. The number of hydrogen-bond donors (Lipinski definition) is 1. The first-order valence-electron chi connectivity index (χ1n) is 6.47. The summed E-state index contributed by atoms with van der Waals surface area (Å²) in [5.41, 5.74) is 6.47. The van der Waals surface area contributed by atoms with Crippen LogP contribution in [0.1, 0.15) is 18.0 Å². The van der Waals surface area contributed by atoms with E-state index in [0.717, 1.165) is 0 Å². The van der Waals surface area contributed by atoms with Crippen molar-refractivity contribution in [2.45, 2.75) is 18.8 Å². The largest absolute Gasteiger partial charge is 0.454 e. The molecule has 0 radical (unpaired) electrons. The molecule has 2 N–H and O–H groups in total. The van der Waals surface area contributed by atoms with Crippen molar-refractivity contribution in [2.75, 3.05) is 6.75 Å². The summed E-state index contributed by atoms with van der Waals surface area (Å²) < 4.78 is 48.1. The van der Waals surface area contributed by atoms with Crippen molar-refractivity contribution < 1.29 is 16.3 Å². The van der Waals surface area contributed by atoms with E-state index in [1.54, 1.807) is 0 Å². The maximum atomic E-state index is 7.90. The first-order valence-corrected chi connectivity index (χ1v) is 3.97. The summed E-state index contributed by atoms with van der Waals surface area (Å²) in [6, 6.07) is 1.14.